The Morgan fingerprint density at radius 1 is 1.26 bits per heavy atom. The van der Waals surface area contributed by atoms with Crippen molar-refractivity contribution in [3.63, 3.8) is 0 Å². The zero-order valence-electron chi connectivity index (χ0n) is 13.4. The standard InChI is InChI=1S/C14H22N6O3/c1-17-9-16-12-11(17)13(22)20(14(23)18(12)2)8-10(21)7-19-5-3-15-4-6-19/h9-10,15,21H,3-8H2,1-2H3. The number of nitrogens with one attached hydrogen (secondary N) is 1. The van der Waals surface area contributed by atoms with E-state index in [1.165, 1.54) is 10.9 Å². The van der Waals surface area contributed by atoms with Gasteiger partial charge in [0.25, 0.3) is 5.56 Å². The molecule has 0 spiro atoms. The van der Waals surface area contributed by atoms with Crippen LogP contribution in [0.25, 0.3) is 11.2 Å². The van der Waals surface area contributed by atoms with Gasteiger partial charge >= 0.3 is 5.69 Å². The molecular weight excluding hydrogens is 300 g/mol. The van der Waals surface area contributed by atoms with Gasteiger partial charge in [-0.25, -0.2) is 9.78 Å². The van der Waals surface area contributed by atoms with Gasteiger partial charge in [-0.05, 0) is 0 Å². The van der Waals surface area contributed by atoms with Crippen molar-refractivity contribution < 1.29 is 5.11 Å². The third-order valence-corrected chi connectivity index (χ3v) is 4.27. The molecule has 2 aromatic heterocycles. The molecule has 0 amide bonds. The maximum Gasteiger partial charge on any atom is 0.332 e. The summed E-state index contributed by atoms with van der Waals surface area (Å²) in [5, 5.41) is 13.5. The smallest absolute Gasteiger partial charge is 0.332 e. The number of nitrogens with zero attached hydrogens (tertiary/aromatic N) is 5. The van der Waals surface area contributed by atoms with Crippen LogP contribution in [0.1, 0.15) is 0 Å². The van der Waals surface area contributed by atoms with Crippen molar-refractivity contribution in [2.45, 2.75) is 12.6 Å². The van der Waals surface area contributed by atoms with Crippen LogP contribution in [0.5, 0.6) is 0 Å². The van der Waals surface area contributed by atoms with Gasteiger partial charge in [-0.15, -0.1) is 0 Å². The number of fused-ring (bicyclic) bond motifs is 1. The Morgan fingerprint density at radius 2 is 1.96 bits per heavy atom. The van der Waals surface area contributed by atoms with Gasteiger partial charge in [-0.2, -0.15) is 0 Å². The molecule has 1 fully saturated rings. The first-order valence-corrected chi connectivity index (χ1v) is 7.71. The Hall–Kier alpha value is -1.97. The van der Waals surface area contributed by atoms with Gasteiger partial charge in [-0.1, -0.05) is 0 Å². The van der Waals surface area contributed by atoms with Crippen LogP contribution in [0.4, 0.5) is 0 Å². The number of aromatic nitrogens is 4. The average Bonchev–Trinajstić information content (AvgIpc) is 2.92. The fraction of sp³-hybridized carbons (Fsp3) is 0.643. The van der Waals surface area contributed by atoms with E-state index in [0.717, 1.165) is 30.7 Å². The number of aryl methyl sites for hydroxylation is 2. The van der Waals surface area contributed by atoms with Crippen LogP contribution in [0, 0.1) is 0 Å². The minimum atomic E-state index is -0.774. The number of aliphatic hydroxyl groups is 1. The highest BCUT2D eigenvalue weighted by Crippen LogP contribution is 2.03. The molecule has 0 aliphatic carbocycles. The van der Waals surface area contributed by atoms with Crippen molar-refractivity contribution >= 4 is 11.2 Å². The average molecular weight is 322 g/mol. The maximum absolute atomic E-state index is 12.6. The summed E-state index contributed by atoms with van der Waals surface area (Å²) in [6.07, 6.45) is 0.733. The van der Waals surface area contributed by atoms with Crippen molar-refractivity contribution in [3.8, 4) is 0 Å². The Labute approximate surface area is 132 Å². The van der Waals surface area contributed by atoms with Gasteiger partial charge in [0.15, 0.2) is 11.2 Å². The van der Waals surface area contributed by atoms with Crippen LogP contribution in [-0.2, 0) is 20.6 Å². The number of piperazine rings is 1. The molecule has 9 nitrogen and oxygen atoms in total. The molecule has 2 N–H and O–H groups in total. The molecule has 23 heavy (non-hydrogen) atoms. The lowest BCUT2D eigenvalue weighted by molar-refractivity contribution is 0.0897. The van der Waals surface area contributed by atoms with Crippen LogP contribution in [0.15, 0.2) is 15.9 Å². The van der Waals surface area contributed by atoms with Gasteiger partial charge in [0.2, 0.25) is 0 Å². The summed E-state index contributed by atoms with van der Waals surface area (Å²) in [6.45, 7) is 3.90. The first kappa shape index (κ1) is 15.9. The van der Waals surface area contributed by atoms with Crippen molar-refractivity contribution in [3.05, 3.63) is 27.2 Å². The number of imidazole rings is 1. The highest BCUT2D eigenvalue weighted by molar-refractivity contribution is 5.69. The Bertz CT molecular complexity index is 814. The van der Waals surface area contributed by atoms with E-state index in [9.17, 15) is 14.7 Å². The fourth-order valence-electron chi connectivity index (χ4n) is 3.02. The molecule has 1 aliphatic heterocycles. The second kappa shape index (κ2) is 6.26. The third kappa shape index (κ3) is 2.94. The monoisotopic (exact) mass is 322 g/mol. The molecule has 9 heteroatoms. The zero-order chi connectivity index (χ0) is 16.6. The van der Waals surface area contributed by atoms with E-state index in [1.807, 2.05) is 0 Å². The van der Waals surface area contributed by atoms with Gasteiger partial charge in [0, 0.05) is 46.8 Å². The van der Waals surface area contributed by atoms with E-state index in [2.05, 4.69) is 15.2 Å². The topological polar surface area (TPSA) is 97.3 Å². The predicted octanol–water partition coefficient (Wildman–Crippen LogP) is -2.30. The minimum Gasteiger partial charge on any atom is -0.390 e. The van der Waals surface area contributed by atoms with Gasteiger partial charge < -0.3 is 15.0 Å². The molecule has 3 rings (SSSR count). The molecule has 0 saturated carbocycles. The van der Waals surface area contributed by atoms with Gasteiger partial charge in [0.05, 0.1) is 19.0 Å². The zero-order valence-corrected chi connectivity index (χ0v) is 13.4. The molecule has 1 atom stereocenters. The molecule has 1 unspecified atom stereocenters. The van der Waals surface area contributed by atoms with Crippen molar-refractivity contribution in [1.29, 1.82) is 0 Å². The highest BCUT2D eigenvalue weighted by atomic mass is 16.3. The summed E-state index contributed by atoms with van der Waals surface area (Å²) < 4.78 is 4.03. The number of rotatable bonds is 4. The van der Waals surface area contributed by atoms with Crippen molar-refractivity contribution in [2.75, 3.05) is 32.7 Å². The number of aliphatic hydroxyl groups excluding tert-OH is 1. The summed E-state index contributed by atoms with van der Waals surface area (Å²) in [7, 11) is 3.29. The lowest BCUT2D eigenvalue weighted by Gasteiger charge is -2.29. The van der Waals surface area contributed by atoms with E-state index in [4.69, 9.17) is 0 Å². The summed E-state index contributed by atoms with van der Waals surface area (Å²) in [5.74, 6) is 0. The molecule has 1 aliphatic rings. The number of β-amino-alcohol motifs (C(OH)–C–C–N with tert-alkyl or cyclic N) is 1. The Balaban J connectivity index is 1.89. The van der Waals surface area contributed by atoms with Crippen LogP contribution in [0.3, 0.4) is 0 Å². The summed E-state index contributed by atoms with van der Waals surface area (Å²) in [6, 6.07) is 0. The van der Waals surface area contributed by atoms with E-state index in [-0.39, 0.29) is 6.54 Å². The number of hydrogen-bond acceptors (Lipinski definition) is 6. The second-order valence-corrected chi connectivity index (χ2v) is 5.99. The van der Waals surface area contributed by atoms with E-state index < -0.39 is 17.4 Å². The predicted molar refractivity (Wildman–Crippen MR) is 85.5 cm³/mol. The minimum absolute atomic E-state index is 0.0173. The first-order valence-electron chi connectivity index (χ1n) is 7.71. The Morgan fingerprint density at radius 3 is 2.65 bits per heavy atom. The second-order valence-electron chi connectivity index (χ2n) is 5.99. The molecule has 2 aromatic rings. The van der Waals surface area contributed by atoms with E-state index in [0.29, 0.717) is 17.7 Å². The fourth-order valence-corrected chi connectivity index (χ4v) is 3.02. The van der Waals surface area contributed by atoms with E-state index in [1.54, 1.807) is 18.7 Å². The van der Waals surface area contributed by atoms with Crippen LogP contribution >= 0.6 is 0 Å². The van der Waals surface area contributed by atoms with Crippen LogP contribution in [0.2, 0.25) is 0 Å². The third-order valence-electron chi connectivity index (χ3n) is 4.27. The quantitative estimate of drug-likeness (QED) is 0.657. The molecule has 1 saturated heterocycles. The van der Waals surface area contributed by atoms with E-state index >= 15 is 0 Å². The first-order chi connectivity index (χ1) is 11.0. The molecule has 0 bridgehead atoms. The van der Waals surface area contributed by atoms with Gasteiger partial charge in [0.1, 0.15) is 0 Å². The lowest BCUT2D eigenvalue weighted by atomic mass is 10.2. The van der Waals surface area contributed by atoms with Crippen LogP contribution < -0.4 is 16.6 Å². The van der Waals surface area contributed by atoms with Gasteiger partial charge in [-0.3, -0.25) is 18.8 Å². The summed E-state index contributed by atoms with van der Waals surface area (Å²) in [5.41, 5.74) is -0.153. The van der Waals surface area contributed by atoms with Crippen molar-refractivity contribution in [1.82, 2.24) is 28.9 Å². The van der Waals surface area contributed by atoms with Crippen LogP contribution in [-0.4, -0.2) is 67.5 Å². The summed E-state index contributed by atoms with van der Waals surface area (Å²) in [4.78, 5) is 31.2. The molecular formula is C14H22N6O3. The molecule has 0 aromatic carbocycles. The maximum atomic E-state index is 12.6. The summed E-state index contributed by atoms with van der Waals surface area (Å²) >= 11 is 0. The Kier molecular flexibility index (Phi) is 4.33. The molecule has 0 radical (unpaired) electrons. The van der Waals surface area contributed by atoms with Crippen molar-refractivity contribution in [2.24, 2.45) is 14.1 Å². The lowest BCUT2D eigenvalue weighted by Crippen LogP contribution is -2.48. The normalized spacial score (nSPS) is 17.7. The SMILES string of the molecule is Cn1cnc2c1c(=O)n(CC(O)CN1CCNCC1)c(=O)n2C. The largest absolute Gasteiger partial charge is 0.390 e. The molecule has 3 heterocycles. The highest BCUT2D eigenvalue weighted by Gasteiger charge is 2.19. The number of hydrogen-bond donors (Lipinski definition) is 2. The molecule has 126 valence electrons.